The maximum absolute atomic E-state index is 11.1. The smallest absolute Gasteiger partial charge is 0.418 e. The lowest BCUT2D eigenvalue weighted by atomic mass is 10.3. The molecule has 0 saturated carbocycles. The Kier molecular flexibility index (Phi) is 2.64. The maximum atomic E-state index is 11.1. The molecule has 0 aliphatic heterocycles. The van der Waals surface area contributed by atoms with Gasteiger partial charge in [-0.05, 0) is 12.1 Å². The number of rotatable bonds is 2. The summed E-state index contributed by atoms with van der Waals surface area (Å²) >= 11 is 1.29. The highest BCUT2D eigenvalue weighted by molar-refractivity contribution is 7.13. The second-order valence-electron chi connectivity index (χ2n) is 2.77. The van der Waals surface area contributed by atoms with Crippen molar-refractivity contribution >= 4 is 28.2 Å². The molecule has 0 bridgehead atoms. The van der Waals surface area contributed by atoms with Crippen molar-refractivity contribution in [2.75, 3.05) is 4.90 Å². The topological polar surface area (TPSA) is 53.4 Å². The Morgan fingerprint density at radius 3 is 2.60 bits per heavy atom. The molecule has 0 aliphatic rings. The first kappa shape index (κ1) is 9.67. The molecule has 0 aliphatic carbocycles. The summed E-state index contributed by atoms with van der Waals surface area (Å²) in [6, 6.07) is 8.88. The van der Waals surface area contributed by atoms with Crippen molar-refractivity contribution in [3.8, 4) is 0 Å². The summed E-state index contributed by atoms with van der Waals surface area (Å²) < 4.78 is 0. The van der Waals surface area contributed by atoms with Gasteiger partial charge in [0.05, 0.1) is 5.69 Å². The van der Waals surface area contributed by atoms with Gasteiger partial charge in [-0.1, -0.05) is 18.2 Å². The first-order chi connectivity index (χ1) is 7.29. The van der Waals surface area contributed by atoms with Crippen LogP contribution in [0.3, 0.4) is 0 Å². The van der Waals surface area contributed by atoms with Crippen molar-refractivity contribution in [2.24, 2.45) is 0 Å². The van der Waals surface area contributed by atoms with Gasteiger partial charge < -0.3 is 5.11 Å². The third-order valence-electron chi connectivity index (χ3n) is 1.82. The summed E-state index contributed by atoms with van der Waals surface area (Å²) in [5, 5.41) is 11.3. The van der Waals surface area contributed by atoms with Gasteiger partial charge in [0.2, 0.25) is 0 Å². The normalized spacial score (nSPS) is 9.87. The number of benzene rings is 1. The SMILES string of the molecule is O=C(O)N(c1ccccc1)c1nccs1. The van der Waals surface area contributed by atoms with Gasteiger partial charge in [-0.3, -0.25) is 0 Å². The predicted molar refractivity (Wildman–Crippen MR) is 58.7 cm³/mol. The van der Waals surface area contributed by atoms with E-state index < -0.39 is 6.09 Å². The van der Waals surface area contributed by atoms with Crippen LogP contribution in [-0.2, 0) is 0 Å². The molecule has 0 unspecified atom stereocenters. The number of thiazole rings is 1. The molecule has 0 fully saturated rings. The molecule has 4 nitrogen and oxygen atoms in total. The van der Waals surface area contributed by atoms with Crippen LogP contribution in [0.4, 0.5) is 15.6 Å². The van der Waals surface area contributed by atoms with Crippen molar-refractivity contribution in [1.29, 1.82) is 0 Å². The van der Waals surface area contributed by atoms with Gasteiger partial charge in [0, 0.05) is 11.6 Å². The lowest BCUT2D eigenvalue weighted by molar-refractivity contribution is 0.205. The highest BCUT2D eigenvalue weighted by Crippen LogP contribution is 2.26. The Morgan fingerprint density at radius 2 is 2.07 bits per heavy atom. The molecule has 1 aromatic carbocycles. The number of anilines is 2. The van der Waals surface area contributed by atoms with Gasteiger partial charge >= 0.3 is 6.09 Å². The standard InChI is InChI=1S/C10H8N2O2S/c13-10(14)12(9-11-6-7-15-9)8-4-2-1-3-5-8/h1-7H,(H,13,14). The molecule has 0 spiro atoms. The van der Waals surface area contributed by atoms with E-state index >= 15 is 0 Å². The number of carboxylic acid groups (broad SMARTS) is 1. The Hall–Kier alpha value is -1.88. The van der Waals surface area contributed by atoms with Gasteiger partial charge in [0.15, 0.2) is 5.13 Å². The molecule has 1 amide bonds. The number of hydrogen-bond donors (Lipinski definition) is 1. The zero-order valence-corrected chi connectivity index (χ0v) is 8.52. The molecule has 1 N–H and O–H groups in total. The summed E-state index contributed by atoms with van der Waals surface area (Å²) in [7, 11) is 0. The van der Waals surface area contributed by atoms with Crippen molar-refractivity contribution in [2.45, 2.75) is 0 Å². The number of carbonyl (C=O) groups is 1. The monoisotopic (exact) mass is 220 g/mol. The zero-order valence-electron chi connectivity index (χ0n) is 7.70. The van der Waals surface area contributed by atoms with Gasteiger partial charge in [0.1, 0.15) is 0 Å². The Balaban J connectivity index is 2.42. The van der Waals surface area contributed by atoms with E-state index in [4.69, 9.17) is 5.11 Å². The van der Waals surface area contributed by atoms with Gasteiger partial charge in [-0.15, -0.1) is 11.3 Å². The minimum atomic E-state index is -1.03. The fraction of sp³-hybridized carbons (Fsp3) is 0. The molecular formula is C10H8N2O2S. The van der Waals surface area contributed by atoms with Gasteiger partial charge in [0.25, 0.3) is 0 Å². The second-order valence-corrected chi connectivity index (χ2v) is 3.64. The third kappa shape index (κ3) is 1.97. The average molecular weight is 220 g/mol. The van der Waals surface area contributed by atoms with Crippen LogP contribution in [0.15, 0.2) is 41.9 Å². The molecule has 15 heavy (non-hydrogen) atoms. The average Bonchev–Trinajstić information content (AvgIpc) is 2.72. The molecule has 2 rings (SSSR count). The van der Waals surface area contributed by atoms with E-state index in [0.717, 1.165) is 4.90 Å². The van der Waals surface area contributed by atoms with E-state index in [1.807, 2.05) is 6.07 Å². The van der Waals surface area contributed by atoms with Crippen molar-refractivity contribution in [3.63, 3.8) is 0 Å². The molecule has 0 atom stereocenters. The molecular weight excluding hydrogens is 212 g/mol. The van der Waals surface area contributed by atoms with Crippen LogP contribution in [0.25, 0.3) is 0 Å². The number of para-hydroxylation sites is 1. The second kappa shape index (κ2) is 4.10. The lowest BCUT2D eigenvalue weighted by Gasteiger charge is -2.15. The number of hydrogen-bond acceptors (Lipinski definition) is 3. The summed E-state index contributed by atoms with van der Waals surface area (Å²) in [5.74, 6) is 0. The third-order valence-corrected chi connectivity index (χ3v) is 2.57. The highest BCUT2D eigenvalue weighted by Gasteiger charge is 2.18. The van der Waals surface area contributed by atoms with Gasteiger partial charge in [-0.2, -0.15) is 0 Å². The van der Waals surface area contributed by atoms with Gasteiger partial charge in [-0.25, -0.2) is 14.7 Å². The number of nitrogens with zero attached hydrogens (tertiary/aromatic N) is 2. The predicted octanol–water partition coefficient (Wildman–Crippen LogP) is 2.96. The molecule has 76 valence electrons. The minimum absolute atomic E-state index is 0.453. The fourth-order valence-corrected chi connectivity index (χ4v) is 1.86. The molecule has 0 radical (unpaired) electrons. The molecule has 1 aromatic heterocycles. The maximum Gasteiger partial charge on any atom is 0.418 e. The molecule has 1 heterocycles. The first-order valence-corrected chi connectivity index (χ1v) is 5.14. The van der Waals surface area contributed by atoms with E-state index in [1.54, 1.807) is 35.8 Å². The van der Waals surface area contributed by atoms with Crippen LogP contribution in [0.2, 0.25) is 0 Å². The lowest BCUT2D eigenvalue weighted by Crippen LogP contribution is -2.23. The molecule has 5 heteroatoms. The van der Waals surface area contributed by atoms with E-state index in [9.17, 15) is 4.79 Å². The molecule has 2 aromatic rings. The summed E-state index contributed by atoms with van der Waals surface area (Å²) in [6.45, 7) is 0. The van der Waals surface area contributed by atoms with E-state index in [-0.39, 0.29) is 0 Å². The van der Waals surface area contributed by atoms with Crippen LogP contribution < -0.4 is 4.90 Å². The van der Waals surface area contributed by atoms with Crippen LogP contribution >= 0.6 is 11.3 Å². The van der Waals surface area contributed by atoms with Crippen molar-refractivity contribution < 1.29 is 9.90 Å². The van der Waals surface area contributed by atoms with Crippen LogP contribution in [-0.4, -0.2) is 16.2 Å². The highest BCUT2D eigenvalue weighted by atomic mass is 32.1. The largest absolute Gasteiger partial charge is 0.464 e. The zero-order chi connectivity index (χ0) is 10.7. The summed E-state index contributed by atoms with van der Waals surface area (Å²) in [5.41, 5.74) is 0.597. The van der Waals surface area contributed by atoms with E-state index in [2.05, 4.69) is 4.98 Å². The quantitative estimate of drug-likeness (QED) is 0.846. The Morgan fingerprint density at radius 1 is 1.33 bits per heavy atom. The van der Waals surface area contributed by atoms with Crippen molar-refractivity contribution in [3.05, 3.63) is 41.9 Å². The van der Waals surface area contributed by atoms with E-state index in [1.165, 1.54) is 11.3 Å². The van der Waals surface area contributed by atoms with Crippen molar-refractivity contribution in [1.82, 2.24) is 4.98 Å². The minimum Gasteiger partial charge on any atom is -0.464 e. The summed E-state index contributed by atoms with van der Waals surface area (Å²) in [6.07, 6.45) is 0.551. The molecule has 0 saturated heterocycles. The Labute approximate surface area is 90.4 Å². The number of amides is 1. The van der Waals surface area contributed by atoms with Crippen LogP contribution in [0, 0.1) is 0 Å². The Bertz CT molecular complexity index is 442. The van der Waals surface area contributed by atoms with Crippen LogP contribution in [0.5, 0.6) is 0 Å². The number of aromatic nitrogens is 1. The summed E-state index contributed by atoms with van der Waals surface area (Å²) in [4.78, 5) is 16.2. The van der Waals surface area contributed by atoms with E-state index in [0.29, 0.717) is 10.8 Å². The van der Waals surface area contributed by atoms with Crippen LogP contribution in [0.1, 0.15) is 0 Å². The first-order valence-electron chi connectivity index (χ1n) is 4.26. The fourth-order valence-electron chi connectivity index (χ4n) is 1.21.